The van der Waals surface area contributed by atoms with Gasteiger partial charge in [0, 0.05) is 12.3 Å². The van der Waals surface area contributed by atoms with Crippen LogP contribution in [-0.4, -0.2) is 18.2 Å². The zero-order chi connectivity index (χ0) is 11.1. The Labute approximate surface area is 87.8 Å². The Balaban J connectivity index is 2.31. The minimum Gasteiger partial charge on any atom is -0.467 e. The van der Waals surface area contributed by atoms with Gasteiger partial charge in [0.05, 0.1) is 13.4 Å². The molecule has 0 amide bonds. The van der Waals surface area contributed by atoms with Gasteiger partial charge in [0.2, 0.25) is 0 Å². The number of rotatable bonds is 3. The summed E-state index contributed by atoms with van der Waals surface area (Å²) in [6, 6.07) is 3.40. The number of hydrogen-bond acceptors (Lipinski definition) is 4. The molecule has 4 nitrogen and oxygen atoms in total. The third kappa shape index (κ3) is 3.88. The third-order valence-electron chi connectivity index (χ3n) is 1.79. The van der Waals surface area contributed by atoms with E-state index in [9.17, 15) is 9.90 Å². The summed E-state index contributed by atoms with van der Waals surface area (Å²) in [6.07, 6.45) is 1.67. The fourth-order valence-corrected chi connectivity index (χ4v) is 1.02. The van der Waals surface area contributed by atoms with Crippen LogP contribution in [0.15, 0.2) is 22.8 Å². The molecular weight excluding hydrogens is 196 g/mol. The summed E-state index contributed by atoms with van der Waals surface area (Å²) in [5.41, 5.74) is 0. The number of furan rings is 1. The first-order valence-electron chi connectivity index (χ1n) is 4.52. The van der Waals surface area contributed by atoms with Gasteiger partial charge in [0.25, 0.3) is 0 Å². The van der Waals surface area contributed by atoms with E-state index in [1.807, 2.05) is 0 Å². The number of carbonyl (C=O) groups excluding carboxylic acids is 1. The first kappa shape index (κ1) is 11.3. The Morgan fingerprint density at radius 3 is 3.13 bits per heavy atom. The molecule has 0 saturated heterocycles. The van der Waals surface area contributed by atoms with Crippen LogP contribution in [0.2, 0.25) is 0 Å². The van der Waals surface area contributed by atoms with Crippen LogP contribution in [0.1, 0.15) is 24.7 Å². The lowest BCUT2D eigenvalue weighted by Gasteiger charge is -2.03. The zero-order valence-corrected chi connectivity index (χ0v) is 8.40. The second kappa shape index (κ2) is 5.89. The fraction of sp³-hybridized carbons (Fsp3) is 0.364. The van der Waals surface area contributed by atoms with Crippen LogP contribution in [0.25, 0.3) is 0 Å². The average molecular weight is 208 g/mol. The van der Waals surface area contributed by atoms with Crippen LogP contribution < -0.4 is 0 Å². The molecule has 1 heterocycles. The molecule has 0 saturated carbocycles. The van der Waals surface area contributed by atoms with Crippen molar-refractivity contribution in [2.24, 2.45) is 0 Å². The third-order valence-corrected chi connectivity index (χ3v) is 1.79. The minimum atomic E-state index is -0.674. The number of aliphatic hydroxyl groups excluding tert-OH is 1. The maximum atomic E-state index is 10.6. The van der Waals surface area contributed by atoms with Gasteiger partial charge in [-0.3, -0.25) is 0 Å². The van der Waals surface area contributed by atoms with Crippen molar-refractivity contribution < 1.29 is 19.1 Å². The molecule has 1 aromatic rings. The van der Waals surface area contributed by atoms with Crippen molar-refractivity contribution in [1.82, 2.24) is 0 Å². The number of esters is 1. The SMILES string of the molecule is COC(=O)C#CCCC(O)c1ccco1. The van der Waals surface area contributed by atoms with E-state index in [2.05, 4.69) is 16.6 Å². The molecule has 1 N–H and O–H groups in total. The van der Waals surface area contributed by atoms with Crippen LogP contribution >= 0.6 is 0 Å². The van der Waals surface area contributed by atoms with E-state index in [4.69, 9.17) is 4.42 Å². The van der Waals surface area contributed by atoms with Gasteiger partial charge in [-0.15, -0.1) is 0 Å². The van der Waals surface area contributed by atoms with Crippen molar-refractivity contribution in [1.29, 1.82) is 0 Å². The van der Waals surface area contributed by atoms with Crippen LogP contribution in [0.5, 0.6) is 0 Å². The summed E-state index contributed by atoms with van der Waals surface area (Å²) in [4.78, 5) is 10.6. The maximum absolute atomic E-state index is 10.6. The van der Waals surface area contributed by atoms with Gasteiger partial charge in [-0.25, -0.2) is 4.79 Å². The van der Waals surface area contributed by atoms with Gasteiger partial charge in [0.15, 0.2) is 0 Å². The minimum absolute atomic E-state index is 0.414. The highest BCUT2D eigenvalue weighted by Gasteiger charge is 2.08. The Kier molecular flexibility index (Phi) is 4.45. The van der Waals surface area contributed by atoms with Crippen LogP contribution in [0.3, 0.4) is 0 Å². The Bertz CT molecular complexity index is 356. The summed E-state index contributed by atoms with van der Waals surface area (Å²) < 4.78 is 9.34. The van der Waals surface area contributed by atoms with Crippen molar-refractivity contribution in [3.8, 4) is 11.8 Å². The van der Waals surface area contributed by atoms with Crippen molar-refractivity contribution >= 4 is 5.97 Å². The van der Waals surface area contributed by atoms with E-state index in [-0.39, 0.29) is 0 Å². The molecule has 15 heavy (non-hydrogen) atoms. The number of methoxy groups -OCH3 is 1. The molecule has 4 heteroatoms. The highest BCUT2D eigenvalue weighted by molar-refractivity contribution is 5.88. The summed E-state index contributed by atoms with van der Waals surface area (Å²) >= 11 is 0. The van der Waals surface area contributed by atoms with E-state index < -0.39 is 12.1 Å². The fourth-order valence-electron chi connectivity index (χ4n) is 1.02. The predicted octanol–water partition coefficient (Wildman–Crippen LogP) is 1.27. The van der Waals surface area contributed by atoms with Crippen LogP contribution in [0.4, 0.5) is 0 Å². The average Bonchev–Trinajstić information content (AvgIpc) is 2.77. The smallest absolute Gasteiger partial charge is 0.384 e. The van der Waals surface area contributed by atoms with Gasteiger partial charge in [-0.1, -0.05) is 5.92 Å². The lowest BCUT2D eigenvalue weighted by Crippen LogP contribution is -1.96. The van der Waals surface area contributed by atoms with E-state index in [1.165, 1.54) is 13.4 Å². The van der Waals surface area contributed by atoms with E-state index in [1.54, 1.807) is 12.1 Å². The monoisotopic (exact) mass is 208 g/mol. The molecule has 0 fully saturated rings. The second-order valence-corrected chi connectivity index (χ2v) is 2.86. The van der Waals surface area contributed by atoms with Crippen LogP contribution in [-0.2, 0) is 9.53 Å². The van der Waals surface area contributed by atoms with Gasteiger partial charge in [0.1, 0.15) is 11.9 Å². The predicted molar refractivity (Wildman–Crippen MR) is 52.7 cm³/mol. The Morgan fingerprint density at radius 2 is 2.53 bits per heavy atom. The molecule has 0 spiro atoms. The number of hydrogen-bond donors (Lipinski definition) is 1. The molecule has 0 aliphatic rings. The molecule has 0 aromatic carbocycles. The number of aliphatic hydroxyl groups is 1. The van der Waals surface area contributed by atoms with Crippen LogP contribution in [0, 0.1) is 11.8 Å². The van der Waals surface area contributed by atoms with E-state index in [0.29, 0.717) is 18.6 Å². The molecule has 0 bridgehead atoms. The number of carbonyl (C=O) groups is 1. The van der Waals surface area contributed by atoms with Crippen molar-refractivity contribution in [3.05, 3.63) is 24.2 Å². The van der Waals surface area contributed by atoms with E-state index in [0.717, 1.165) is 0 Å². The van der Waals surface area contributed by atoms with Crippen molar-refractivity contribution in [3.63, 3.8) is 0 Å². The molecule has 1 unspecified atom stereocenters. The summed E-state index contributed by atoms with van der Waals surface area (Å²) in [5.74, 6) is 4.82. The molecule has 0 aliphatic carbocycles. The Hall–Kier alpha value is -1.73. The van der Waals surface area contributed by atoms with Gasteiger partial charge < -0.3 is 14.3 Å². The lowest BCUT2D eigenvalue weighted by atomic mass is 10.1. The molecule has 1 aromatic heterocycles. The second-order valence-electron chi connectivity index (χ2n) is 2.86. The van der Waals surface area contributed by atoms with E-state index >= 15 is 0 Å². The summed E-state index contributed by atoms with van der Waals surface area (Å²) in [7, 11) is 1.27. The molecule has 0 radical (unpaired) electrons. The highest BCUT2D eigenvalue weighted by Crippen LogP contribution is 2.17. The van der Waals surface area contributed by atoms with Gasteiger partial charge in [-0.05, 0) is 18.6 Å². The standard InChI is InChI=1S/C11H12O4/c1-14-11(13)7-3-2-5-9(12)10-6-4-8-15-10/h4,6,8-9,12H,2,5H2,1H3. The molecule has 80 valence electrons. The van der Waals surface area contributed by atoms with Gasteiger partial charge in [-0.2, -0.15) is 0 Å². The molecular formula is C11H12O4. The van der Waals surface area contributed by atoms with Crippen molar-refractivity contribution in [2.75, 3.05) is 7.11 Å². The molecule has 1 atom stereocenters. The highest BCUT2D eigenvalue weighted by atomic mass is 16.5. The van der Waals surface area contributed by atoms with Gasteiger partial charge >= 0.3 is 5.97 Å². The normalized spacial score (nSPS) is 11.3. The largest absolute Gasteiger partial charge is 0.467 e. The Morgan fingerprint density at radius 1 is 1.73 bits per heavy atom. The lowest BCUT2D eigenvalue weighted by molar-refractivity contribution is -0.133. The topological polar surface area (TPSA) is 59.7 Å². The molecule has 1 rings (SSSR count). The summed E-state index contributed by atoms with van der Waals surface area (Å²) in [6.45, 7) is 0. The summed E-state index contributed by atoms with van der Waals surface area (Å²) in [5, 5.41) is 9.55. The first-order valence-corrected chi connectivity index (χ1v) is 4.52. The van der Waals surface area contributed by atoms with Crippen molar-refractivity contribution in [2.45, 2.75) is 18.9 Å². The quantitative estimate of drug-likeness (QED) is 0.461. The maximum Gasteiger partial charge on any atom is 0.384 e. The zero-order valence-electron chi connectivity index (χ0n) is 8.40. The number of ether oxygens (including phenoxy) is 1. The molecule has 0 aliphatic heterocycles. The first-order chi connectivity index (χ1) is 7.24.